The van der Waals surface area contributed by atoms with Crippen molar-refractivity contribution in [2.75, 3.05) is 38.2 Å². The number of nitrogens with zero attached hydrogens (tertiary/aromatic N) is 2. The summed E-state index contributed by atoms with van der Waals surface area (Å²) in [5.41, 5.74) is 1.03. The van der Waals surface area contributed by atoms with Crippen LogP contribution in [-0.2, 0) is 4.79 Å². The molecule has 0 bridgehead atoms. The number of benzene rings is 1. The van der Waals surface area contributed by atoms with Crippen molar-refractivity contribution < 1.29 is 18.7 Å². The van der Waals surface area contributed by atoms with Crippen molar-refractivity contribution in [3.63, 3.8) is 0 Å². The highest BCUT2D eigenvalue weighted by molar-refractivity contribution is 5.95. The van der Waals surface area contributed by atoms with Crippen molar-refractivity contribution in [3.8, 4) is 5.75 Å². The van der Waals surface area contributed by atoms with Crippen molar-refractivity contribution in [2.24, 2.45) is 0 Å². The standard InChI is InChI=1S/C19H23N3O4/c1-14(20-18(23)17-8-5-13-26-17)19(24)22-11-9-21(10-12-22)15-6-3-4-7-16(15)25-2/h3-8,13-14H,9-12H2,1-2H3,(H,20,23)/t14-/m0/s1. The van der Waals surface area contributed by atoms with Crippen LogP contribution in [0.5, 0.6) is 5.75 Å². The molecule has 1 N–H and O–H groups in total. The maximum atomic E-state index is 12.6. The summed E-state index contributed by atoms with van der Waals surface area (Å²) in [6.45, 7) is 4.31. The minimum Gasteiger partial charge on any atom is -0.495 e. The average Bonchev–Trinajstić information content (AvgIpc) is 3.22. The molecule has 2 heterocycles. The minimum absolute atomic E-state index is 0.0930. The average molecular weight is 357 g/mol. The molecular formula is C19H23N3O4. The predicted octanol–water partition coefficient (Wildman–Crippen LogP) is 1.76. The van der Waals surface area contributed by atoms with Crippen LogP contribution in [0.4, 0.5) is 5.69 Å². The Morgan fingerprint density at radius 3 is 2.50 bits per heavy atom. The summed E-state index contributed by atoms with van der Waals surface area (Å²) in [5.74, 6) is 0.546. The number of carbonyl (C=O) groups is 2. The zero-order valence-corrected chi connectivity index (χ0v) is 15.0. The number of rotatable bonds is 5. The van der Waals surface area contributed by atoms with E-state index in [1.807, 2.05) is 24.3 Å². The van der Waals surface area contributed by atoms with E-state index < -0.39 is 6.04 Å². The van der Waals surface area contributed by atoms with Crippen molar-refractivity contribution in [1.29, 1.82) is 0 Å². The third-order valence-corrected chi connectivity index (χ3v) is 4.48. The van der Waals surface area contributed by atoms with Crippen molar-refractivity contribution in [2.45, 2.75) is 13.0 Å². The quantitative estimate of drug-likeness (QED) is 0.882. The van der Waals surface area contributed by atoms with Gasteiger partial charge in [0, 0.05) is 26.2 Å². The first kappa shape index (κ1) is 17.8. The minimum atomic E-state index is -0.606. The van der Waals surface area contributed by atoms with Crippen LogP contribution in [0.2, 0.25) is 0 Å². The van der Waals surface area contributed by atoms with E-state index >= 15 is 0 Å². The van der Waals surface area contributed by atoms with Gasteiger partial charge in [0.2, 0.25) is 5.91 Å². The summed E-state index contributed by atoms with van der Waals surface area (Å²) < 4.78 is 10.5. The molecule has 1 aliphatic rings. The van der Waals surface area contributed by atoms with Gasteiger partial charge in [-0.2, -0.15) is 0 Å². The molecule has 0 unspecified atom stereocenters. The highest BCUT2D eigenvalue weighted by Gasteiger charge is 2.27. The monoisotopic (exact) mass is 357 g/mol. The lowest BCUT2D eigenvalue weighted by Crippen LogP contribution is -2.54. The molecule has 2 aromatic rings. The Hall–Kier alpha value is -2.96. The number of anilines is 1. The second-order valence-electron chi connectivity index (χ2n) is 6.16. The van der Waals surface area contributed by atoms with E-state index in [0.717, 1.165) is 11.4 Å². The molecule has 1 aliphatic heterocycles. The first-order valence-corrected chi connectivity index (χ1v) is 8.61. The molecule has 0 aliphatic carbocycles. The lowest BCUT2D eigenvalue weighted by molar-refractivity contribution is -0.133. The fraction of sp³-hybridized carbons (Fsp3) is 0.368. The Kier molecular flexibility index (Phi) is 5.46. The van der Waals surface area contributed by atoms with Crippen LogP contribution in [0.3, 0.4) is 0 Å². The van der Waals surface area contributed by atoms with E-state index in [0.29, 0.717) is 26.2 Å². The summed E-state index contributed by atoms with van der Waals surface area (Å²) in [7, 11) is 1.65. The zero-order valence-electron chi connectivity index (χ0n) is 15.0. The molecular weight excluding hydrogens is 334 g/mol. The molecule has 26 heavy (non-hydrogen) atoms. The molecule has 2 amide bonds. The molecule has 0 saturated carbocycles. The van der Waals surface area contributed by atoms with Gasteiger partial charge in [0.1, 0.15) is 11.8 Å². The van der Waals surface area contributed by atoms with E-state index in [1.54, 1.807) is 31.1 Å². The molecule has 138 valence electrons. The van der Waals surface area contributed by atoms with Crippen LogP contribution < -0.4 is 15.0 Å². The summed E-state index contributed by atoms with van der Waals surface area (Å²) in [6, 6.07) is 10.5. The van der Waals surface area contributed by atoms with Gasteiger partial charge < -0.3 is 24.3 Å². The number of para-hydroxylation sites is 2. The Bertz CT molecular complexity index is 752. The predicted molar refractivity (Wildman–Crippen MR) is 97.4 cm³/mol. The molecule has 1 aromatic heterocycles. The fourth-order valence-corrected chi connectivity index (χ4v) is 3.07. The van der Waals surface area contributed by atoms with Crippen LogP contribution in [0.25, 0.3) is 0 Å². The van der Waals surface area contributed by atoms with Crippen LogP contribution in [-0.4, -0.2) is 56.0 Å². The Morgan fingerprint density at radius 2 is 1.85 bits per heavy atom. The second kappa shape index (κ2) is 7.95. The van der Waals surface area contributed by atoms with Crippen molar-refractivity contribution in [3.05, 3.63) is 48.4 Å². The molecule has 7 nitrogen and oxygen atoms in total. The molecule has 7 heteroatoms. The van der Waals surface area contributed by atoms with Gasteiger partial charge >= 0.3 is 0 Å². The van der Waals surface area contributed by atoms with Crippen molar-refractivity contribution >= 4 is 17.5 Å². The molecule has 0 radical (unpaired) electrons. The second-order valence-corrected chi connectivity index (χ2v) is 6.16. The lowest BCUT2D eigenvalue weighted by atomic mass is 10.2. The molecule has 1 saturated heterocycles. The van der Waals surface area contributed by atoms with Crippen LogP contribution in [0, 0.1) is 0 Å². The Balaban J connectivity index is 1.55. The smallest absolute Gasteiger partial charge is 0.287 e. The first-order chi connectivity index (χ1) is 12.6. The highest BCUT2D eigenvalue weighted by Crippen LogP contribution is 2.28. The molecule has 0 spiro atoms. The van der Waals surface area contributed by atoms with Gasteiger partial charge in [-0.1, -0.05) is 12.1 Å². The van der Waals surface area contributed by atoms with Crippen LogP contribution in [0.1, 0.15) is 17.5 Å². The van der Waals surface area contributed by atoms with Gasteiger partial charge in [0.05, 0.1) is 19.1 Å². The third kappa shape index (κ3) is 3.82. The first-order valence-electron chi connectivity index (χ1n) is 8.61. The van der Waals surface area contributed by atoms with E-state index in [4.69, 9.17) is 9.15 Å². The maximum absolute atomic E-state index is 12.6. The molecule has 1 aromatic carbocycles. The van der Waals surface area contributed by atoms with Gasteiger partial charge in [-0.25, -0.2) is 0 Å². The molecule has 3 rings (SSSR count). The SMILES string of the molecule is COc1ccccc1N1CCN(C(=O)[C@H](C)NC(=O)c2ccco2)CC1. The summed E-state index contributed by atoms with van der Waals surface area (Å²) in [4.78, 5) is 28.6. The van der Waals surface area contributed by atoms with E-state index in [2.05, 4.69) is 10.2 Å². The largest absolute Gasteiger partial charge is 0.495 e. The van der Waals surface area contributed by atoms with Gasteiger partial charge in [-0.05, 0) is 31.2 Å². The van der Waals surface area contributed by atoms with Gasteiger partial charge in [0.15, 0.2) is 5.76 Å². The summed E-state index contributed by atoms with van der Waals surface area (Å²) >= 11 is 0. The number of furan rings is 1. The number of nitrogens with one attached hydrogen (secondary N) is 1. The number of amides is 2. The van der Waals surface area contributed by atoms with Crippen LogP contribution in [0.15, 0.2) is 47.1 Å². The number of carbonyl (C=O) groups excluding carboxylic acids is 2. The number of hydrogen-bond acceptors (Lipinski definition) is 5. The Labute approximate surface area is 152 Å². The van der Waals surface area contributed by atoms with E-state index in [9.17, 15) is 9.59 Å². The number of methoxy groups -OCH3 is 1. The van der Waals surface area contributed by atoms with Gasteiger partial charge in [-0.15, -0.1) is 0 Å². The van der Waals surface area contributed by atoms with Gasteiger partial charge in [0.25, 0.3) is 5.91 Å². The normalized spacial score (nSPS) is 15.5. The highest BCUT2D eigenvalue weighted by atomic mass is 16.5. The van der Waals surface area contributed by atoms with E-state index in [1.165, 1.54) is 6.26 Å². The van der Waals surface area contributed by atoms with E-state index in [-0.39, 0.29) is 17.6 Å². The summed E-state index contributed by atoms with van der Waals surface area (Å²) in [5, 5.41) is 2.68. The maximum Gasteiger partial charge on any atom is 0.287 e. The summed E-state index contributed by atoms with van der Waals surface area (Å²) in [6.07, 6.45) is 1.43. The van der Waals surface area contributed by atoms with Gasteiger partial charge in [-0.3, -0.25) is 9.59 Å². The molecule has 1 atom stereocenters. The number of hydrogen-bond donors (Lipinski definition) is 1. The molecule has 1 fully saturated rings. The van der Waals surface area contributed by atoms with Crippen LogP contribution >= 0.6 is 0 Å². The number of piperazine rings is 1. The topological polar surface area (TPSA) is 75.0 Å². The fourth-order valence-electron chi connectivity index (χ4n) is 3.07. The van der Waals surface area contributed by atoms with Crippen molar-refractivity contribution in [1.82, 2.24) is 10.2 Å². The zero-order chi connectivity index (χ0) is 18.5. The Morgan fingerprint density at radius 1 is 1.12 bits per heavy atom. The third-order valence-electron chi connectivity index (χ3n) is 4.48. The lowest BCUT2D eigenvalue weighted by Gasteiger charge is -2.37. The number of ether oxygens (including phenoxy) is 1.